The third-order valence-corrected chi connectivity index (χ3v) is 1.13. The van der Waals surface area contributed by atoms with Crippen LogP contribution in [0.25, 0.3) is 0 Å². The average molecular weight is 149 g/mol. The van der Waals surface area contributed by atoms with E-state index in [2.05, 4.69) is 0 Å². The molecule has 0 amide bonds. The third kappa shape index (κ3) is 3.13. The molecule has 0 spiro atoms. The Morgan fingerprint density at radius 3 is 2.20 bits per heavy atom. The summed E-state index contributed by atoms with van der Waals surface area (Å²) in [6, 6.07) is -1.03. The fourth-order valence-corrected chi connectivity index (χ4v) is 0.413. The van der Waals surface area contributed by atoms with Gasteiger partial charge in [0.15, 0.2) is 0 Å². The average Bonchev–Trinajstić information content (AvgIpc) is 1.84. The molecule has 0 bridgehead atoms. The Morgan fingerprint density at radius 1 is 1.70 bits per heavy atom. The first-order valence-electron chi connectivity index (χ1n) is 2.75. The zero-order valence-electron chi connectivity index (χ0n) is 6.46. The van der Waals surface area contributed by atoms with Gasteiger partial charge in [0.25, 0.3) is 6.04 Å². The van der Waals surface area contributed by atoms with Gasteiger partial charge in [-0.1, -0.05) is 6.92 Å². The predicted molar refractivity (Wildman–Crippen MR) is 37.7 cm³/mol. The molecule has 0 fully saturated rings. The minimum atomic E-state index is -1.03. The van der Waals surface area contributed by atoms with E-state index in [9.17, 15) is 14.9 Å². The fourth-order valence-electron chi connectivity index (χ4n) is 0.413. The number of ketones is 1. The summed E-state index contributed by atoms with van der Waals surface area (Å²) < 4.78 is 0. The van der Waals surface area contributed by atoms with Crippen LogP contribution in [0.2, 0.25) is 0 Å². The van der Waals surface area contributed by atoms with Gasteiger partial charge in [0.05, 0.1) is 0 Å². The number of rotatable bonds is 3. The Hall–Kier alpha value is -0.970. The summed E-state index contributed by atoms with van der Waals surface area (Å²) in [4.78, 5) is 19.8. The van der Waals surface area contributed by atoms with Crippen molar-refractivity contribution in [1.29, 1.82) is 0 Å². The number of nitro groups is 1. The first-order valence-corrected chi connectivity index (χ1v) is 2.75. The number of carbonyl (C=O) groups is 1. The van der Waals surface area contributed by atoms with Gasteiger partial charge in [-0.3, -0.25) is 14.9 Å². The number of quaternary nitrogens is 1. The largest absolute Gasteiger partial charge is 0.369 e. The second kappa shape index (κ2) is 4.87. The van der Waals surface area contributed by atoms with E-state index < -0.39 is 11.0 Å². The van der Waals surface area contributed by atoms with Crippen LogP contribution < -0.4 is 6.15 Å². The maximum absolute atomic E-state index is 10.5. The van der Waals surface area contributed by atoms with E-state index in [1.807, 2.05) is 0 Å². The van der Waals surface area contributed by atoms with E-state index in [4.69, 9.17) is 0 Å². The molecule has 0 aliphatic heterocycles. The van der Waals surface area contributed by atoms with E-state index >= 15 is 0 Å². The molecule has 60 valence electrons. The summed E-state index contributed by atoms with van der Waals surface area (Å²) in [5, 5.41) is 9.88. The van der Waals surface area contributed by atoms with E-state index in [-0.39, 0.29) is 18.4 Å². The maximum atomic E-state index is 10.5. The van der Waals surface area contributed by atoms with Crippen molar-refractivity contribution in [1.82, 2.24) is 6.15 Å². The van der Waals surface area contributed by atoms with Crippen LogP contribution >= 0.6 is 0 Å². The smallest absolute Gasteiger partial charge is 0.267 e. The molecule has 0 heterocycles. The van der Waals surface area contributed by atoms with E-state index in [0.717, 1.165) is 0 Å². The van der Waals surface area contributed by atoms with E-state index in [1.165, 1.54) is 6.92 Å². The lowest BCUT2D eigenvalue weighted by Crippen LogP contribution is -2.24. The molecule has 0 aliphatic carbocycles. The highest BCUT2D eigenvalue weighted by Gasteiger charge is 2.20. The van der Waals surface area contributed by atoms with Gasteiger partial charge in [0.2, 0.25) is 5.78 Å². The van der Waals surface area contributed by atoms with Gasteiger partial charge in [0.1, 0.15) is 0 Å². The topological polar surface area (TPSA) is 96.7 Å². The van der Waals surface area contributed by atoms with Gasteiger partial charge in [-0.05, 0) is 0 Å². The Balaban J connectivity index is 0. The molecule has 1 atom stereocenters. The van der Waals surface area contributed by atoms with Crippen molar-refractivity contribution in [3.05, 3.63) is 10.1 Å². The molecule has 0 aliphatic rings. The highest BCUT2D eigenvalue weighted by molar-refractivity contribution is 5.81. The Labute approximate surface area is 59.1 Å². The molecule has 0 aromatic rings. The minimum Gasteiger partial charge on any atom is -0.369 e. The maximum Gasteiger partial charge on any atom is 0.267 e. The Kier molecular flexibility index (Phi) is 5.73. The number of hydrogen-bond donors (Lipinski definition) is 1. The van der Waals surface area contributed by atoms with Gasteiger partial charge in [-0.15, -0.1) is 0 Å². The second-order valence-corrected chi connectivity index (χ2v) is 1.78. The quantitative estimate of drug-likeness (QED) is 0.478. The molecular formula is C5H13N2O3+. The SMILES string of the molecule is CCC(=O)C(C)[N+](=O)[O-].[NH4+]. The van der Waals surface area contributed by atoms with E-state index in [0.29, 0.717) is 0 Å². The van der Waals surface area contributed by atoms with Gasteiger partial charge >= 0.3 is 0 Å². The molecule has 0 aromatic carbocycles. The summed E-state index contributed by atoms with van der Waals surface area (Å²) in [7, 11) is 0. The number of hydrogen-bond acceptors (Lipinski definition) is 3. The van der Waals surface area contributed by atoms with Crippen molar-refractivity contribution in [2.45, 2.75) is 26.3 Å². The van der Waals surface area contributed by atoms with Crippen molar-refractivity contribution in [2.24, 2.45) is 0 Å². The minimum absolute atomic E-state index is 0. The normalized spacial score (nSPS) is 11.4. The van der Waals surface area contributed by atoms with Crippen LogP contribution in [0.4, 0.5) is 0 Å². The second-order valence-electron chi connectivity index (χ2n) is 1.78. The molecule has 1 unspecified atom stereocenters. The van der Waals surface area contributed by atoms with Crippen molar-refractivity contribution < 1.29 is 9.72 Å². The van der Waals surface area contributed by atoms with Crippen molar-refractivity contribution in [2.75, 3.05) is 0 Å². The van der Waals surface area contributed by atoms with Crippen LogP contribution in [0, 0.1) is 10.1 Å². The molecule has 4 N–H and O–H groups in total. The molecule has 0 saturated heterocycles. The molecule has 5 nitrogen and oxygen atoms in total. The summed E-state index contributed by atoms with van der Waals surface area (Å²) in [5.41, 5.74) is 0. The van der Waals surface area contributed by atoms with Gasteiger partial charge < -0.3 is 6.15 Å². The van der Waals surface area contributed by atoms with Crippen molar-refractivity contribution in [3.8, 4) is 0 Å². The van der Waals surface area contributed by atoms with Gasteiger partial charge in [0, 0.05) is 18.3 Å². The van der Waals surface area contributed by atoms with Crippen molar-refractivity contribution >= 4 is 5.78 Å². The fraction of sp³-hybridized carbons (Fsp3) is 0.800. The first-order chi connectivity index (χ1) is 4.09. The number of Topliss-reactive ketones (excluding diaryl/α,β-unsaturated/α-hetero) is 1. The lowest BCUT2D eigenvalue weighted by molar-refractivity contribution is -0.503. The molecule has 0 rings (SSSR count). The molecular weight excluding hydrogens is 136 g/mol. The lowest BCUT2D eigenvalue weighted by atomic mass is 10.2. The highest BCUT2D eigenvalue weighted by atomic mass is 16.6. The van der Waals surface area contributed by atoms with Gasteiger partial charge in [-0.25, -0.2) is 0 Å². The Bertz CT molecular complexity index is 135. The van der Waals surface area contributed by atoms with Crippen LogP contribution in [-0.4, -0.2) is 16.7 Å². The van der Waals surface area contributed by atoms with Gasteiger partial charge in [-0.2, -0.15) is 0 Å². The monoisotopic (exact) mass is 149 g/mol. The highest BCUT2D eigenvalue weighted by Crippen LogP contribution is 1.93. The molecule has 0 aromatic heterocycles. The van der Waals surface area contributed by atoms with Crippen LogP contribution in [0.5, 0.6) is 0 Å². The standard InChI is InChI=1S/C5H9NO3.H3N/c1-3-5(7)4(2)6(8)9;/h4H,3H2,1-2H3;1H3/p+1. The Morgan fingerprint density at radius 2 is 2.10 bits per heavy atom. The van der Waals surface area contributed by atoms with E-state index in [1.54, 1.807) is 6.92 Å². The third-order valence-electron chi connectivity index (χ3n) is 1.13. The van der Waals surface area contributed by atoms with Crippen LogP contribution in [-0.2, 0) is 4.79 Å². The molecule has 5 heteroatoms. The summed E-state index contributed by atoms with van der Waals surface area (Å²) in [6.07, 6.45) is 0.238. The number of carbonyl (C=O) groups excluding carboxylic acids is 1. The first kappa shape index (κ1) is 11.8. The molecule has 10 heavy (non-hydrogen) atoms. The van der Waals surface area contributed by atoms with Crippen LogP contribution in [0.1, 0.15) is 20.3 Å². The van der Waals surface area contributed by atoms with Crippen LogP contribution in [0.15, 0.2) is 0 Å². The summed E-state index contributed by atoms with van der Waals surface area (Å²) in [6.45, 7) is 2.91. The molecule has 0 saturated carbocycles. The summed E-state index contributed by atoms with van der Waals surface area (Å²) >= 11 is 0. The van der Waals surface area contributed by atoms with Crippen LogP contribution in [0.3, 0.4) is 0 Å². The predicted octanol–water partition coefficient (Wildman–Crippen LogP) is 1.01. The molecule has 0 radical (unpaired) electrons. The number of nitrogens with zero attached hydrogens (tertiary/aromatic N) is 1. The lowest BCUT2D eigenvalue weighted by Gasteiger charge is -1.97. The zero-order chi connectivity index (χ0) is 7.44. The zero-order valence-corrected chi connectivity index (χ0v) is 6.46. The summed E-state index contributed by atoms with van der Waals surface area (Å²) in [5.74, 6) is -0.319. The van der Waals surface area contributed by atoms with Crippen molar-refractivity contribution in [3.63, 3.8) is 0 Å².